The van der Waals surface area contributed by atoms with Gasteiger partial charge in [-0.1, -0.05) is 93.7 Å². The molecule has 18 heavy (non-hydrogen) atoms. The molecule has 0 bridgehead atoms. The van der Waals surface area contributed by atoms with Gasteiger partial charge in [0.15, 0.2) is 0 Å². The molecule has 0 aliphatic rings. The average molecular weight is 369 g/mol. The number of aliphatic hydroxyl groups is 1. The minimum absolute atomic E-state index is 0.380. The first kappa shape index (κ1) is 18.7. The number of rotatable bonds is 13. The quantitative estimate of drug-likeness (QED) is 0.158. The maximum absolute atomic E-state index is 9.17. The number of halogens is 1. The van der Waals surface area contributed by atoms with Gasteiger partial charge in [-0.05, 0) is 13.3 Å². The molecule has 3 heteroatoms. The highest BCUT2D eigenvalue weighted by Crippen LogP contribution is 2.13. The summed E-state index contributed by atoms with van der Waals surface area (Å²) in [5, 5.41) is 12.3. The summed E-state index contributed by atoms with van der Waals surface area (Å²) in [6, 6.07) is 0. The van der Waals surface area contributed by atoms with Crippen LogP contribution in [0.1, 0.15) is 84.5 Å². The molecule has 2 unspecified atom stereocenters. The predicted molar refractivity (Wildman–Crippen MR) is 89.1 cm³/mol. The lowest BCUT2D eigenvalue weighted by atomic mass is 10.1. The maximum Gasteiger partial charge on any atom is 0.102 e. The van der Waals surface area contributed by atoms with Gasteiger partial charge in [0.05, 0.1) is 4.05 Å². The lowest BCUT2D eigenvalue weighted by Crippen LogP contribution is -2.31. The predicted octanol–water partition coefficient (Wildman–Crippen LogP) is 4.99. The third-order valence-electron chi connectivity index (χ3n) is 3.23. The second-order valence-electron chi connectivity index (χ2n) is 5.28. The van der Waals surface area contributed by atoms with Crippen molar-refractivity contribution in [2.45, 2.75) is 94.8 Å². The SMILES string of the molecule is CCCCCCCCCCCCC(I)NC(C)O. The van der Waals surface area contributed by atoms with E-state index in [1.165, 1.54) is 70.6 Å². The summed E-state index contributed by atoms with van der Waals surface area (Å²) in [4.78, 5) is 0. The summed E-state index contributed by atoms with van der Waals surface area (Å²) in [6.07, 6.45) is 14.7. The Labute approximate surface area is 127 Å². The fourth-order valence-electron chi connectivity index (χ4n) is 2.16. The van der Waals surface area contributed by atoms with Gasteiger partial charge in [0, 0.05) is 0 Å². The Hall–Kier alpha value is 0.650. The molecule has 0 aliphatic heterocycles. The Kier molecular flexibility index (Phi) is 14.6. The van der Waals surface area contributed by atoms with Gasteiger partial charge in [0.2, 0.25) is 0 Å². The summed E-state index contributed by atoms with van der Waals surface area (Å²) in [5.74, 6) is 0. The highest BCUT2D eigenvalue weighted by molar-refractivity contribution is 14.1. The van der Waals surface area contributed by atoms with Gasteiger partial charge in [0.25, 0.3) is 0 Å². The van der Waals surface area contributed by atoms with Crippen LogP contribution in [0.2, 0.25) is 0 Å². The fraction of sp³-hybridized carbons (Fsp3) is 1.00. The van der Waals surface area contributed by atoms with E-state index >= 15 is 0 Å². The van der Waals surface area contributed by atoms with Gasteiger partial charge in [-0.15, -0.1) is 0 Å². The van der Waals surface area contributed by atoms with Crippen molar-refractivity contribution < 1.29 is 5.11 Å². The molecule has 0 aromatic heterocycles. The van der Waals surface area contributed by atoms with Crippen LogP contribution >= 0.6 is 22.6 Å². The van der Waals surface area contributed by atoms with Crippen LogP contribution in [-0.2, 0) is 0 Å². The van der Waals surface area contributed by atoms with Crippen LogP contribution in [0.4, 0.5) is 0 Å². The fourth-order valence-corrected chi connectivity index (χ4v) is 3.12. The molecule has 0 saturated carbocycles. The maximum atomic E-state index is 9.17. The highest BCUT2D eigenvalue weighted by atomic mass is 127. The van der Waals surface area contributed by atoms with Crippen molar-refractivity contribution in [1.82, 2.24) is 5.32 Å². The third-order valence-corrected chi connectivity index (χ3v) is 4.22. The molecule has 0 rings (SSSR count). The molecule has 2 N–H and O–H groups in total. The molecule has 0 amide bonds. The van der Waals surface area contributed by atoms with E-state index in [4.69, 9.17) is 5.11 Å². The first-order valence-electron chi connectivity index (χ1n) is 7.75. The molecule has 0 aliphatic carbocycles. The van der Waals surface area contributed by atoms with Crippen LogP contribution in [0.3, 0.4) is 0 Å². The van der Waals surface area contributed by atoms with Crippen molar-refractivity contribution in [2.24, 2.45) is 0 Å². The number of alkyl halides is 1. The second kappa shape index (κ2) is 14.1. The van der Waals surface area contributed by atoms with Gasteiger partial charge in [-0.2, -0.15) is 0 Å². The van der Waals surface area contributed by atoms with Crippen LogP contribution in [0.5, 0.6) is 0 Å². The number of nitrogens with one attached hydrogen (secondary N) is 1. The van der Waals surface area contributed by atoms with E-state index in [9.17, 15) is 0 Å². The van der Waals surface area contributed by atoms with Gasteiger partial charge in [-0.25, -0.2) is 0 Å². The standard InChI is InChI=1S/C15H32INO/c1-3-4-5-6-7-8-9-10-11-12-13-15(16)17-14(2)18/h14-15,17-18H,3-13H2,1-2H3. The summed E-state index contributed by atoms with van der Waals surface area (Å²) in [6.45, 7) is 4.05. The van der Waals surface area contributed by atoms with E-state index in [0.717, 1.165) is 0 Å². The smallest absolute Gasteiger partial charge is 0.102 e. The Morgan fingerprint density at radius 2 is 1.33 bits per heavy atom. The lowest BCUT2D eigenvalue weighted by Gasteiger charge is -2.14. The van der Waals surface area contributed by atoms with E-state index in [-0.39, 0.29) is 6.23 Å². The van der Waals surface area contributed by atoms with Gasteiger partial charge in [0.1, 0.15) is 6.23 Å². The third kappa shape index (κ3) is 14.7. The number of unbranched alkanes of at least 4 members (excludes halogenated alkanes) is 9. The Morgan fingerprint density at radius 3 is 1.78 bits per heavy atom. The molecule has 0 saturated heterocycles. The van der Waals surface area contributed by atoms with Gasteiger partial charge < -0.3 is 5.11 Å². The molecule has 0 aromatic carbocycles. The van der Waals surface area contributed by atoms with E-state index in [1.54, 1.807) is 6.92 Å². The molecule has 0 heterocycles. The van der Waals surface area contributed by atoms with Crippen molar-refractivity contribution >= 4 is 22.6 Å². The molecular formula is C15H32INO. The molecule has 0 radical (unpaired) electrons. The van der Waals surface area contributed by atoms with Gasteiger partial charge >= 0.3 is 0 Å². The lowest BCUT2D eigenvalue weighted by molar-refractivity contribution is 0.153. The summed E-state index contributed by atoms with van der Waals surface area (Å²) in [7, 11) is 0. The highest BCUT2D eigenvalue weighted by Gasteiger charge is 2.04. The largest absolute Gasteiger partial charge is 0.379 e. The average Bonchev–Trinajstić information content (AvgIpc) is 2.30. The molecule has 110 valence electrons. The molecule has 2 atom stereocenters. The summed E-state index contributed by atoms with van der Waals surface area (Å²) in [5.41, 5.74) is 0. The van der Waals surface area contributed by atoms with Crippen LogP contribution in [-0.4, -0.2) is 15.4 Å². The zero-order valence-corrected chi connectivity index (χ0v) is 14.4. The summed E-state index contributed by atoms with van der Waals surface area (Å²) >= 11 is 2.37. The first-order chi connectivity index (χ1) is 8.66. The normalized spacial score (nSPS) is 14.7. The molecular weight excluding hydrogens is 337 g/mol. The first-order valence-corrected chi connectivity index (χ1v) is 8.99. The number of hydrogen-bond acceptors (Lipinski definition) is 2. The van der Waals surface area contributed by atoms with Crippen molar-refractivity contribution in [1.29, 1.82) is 0 Å². The van der Waals surface area contributed by atoms with Crippen LogP contribution in [0, 0.1) is 0 Å². The van der Waals surface area contributed by atoms with Crippen molar-refractivity contribution in [3.63, 3.8) is 0 Å². The number of aliphatic hydroxyl groups excluding tert-OH is 1. The Morgan fingerprint density at radius 1 is 0.889 bits per heavy atom. The van der Waals surface area contributed by atoms with E-state index in [2.05, 4.69) is 34.8 Å². The van der Waals surface area contributed by atoms with Crippen molar-refractivity contribution in [3.05, 3.63) is 0 Å². The summed E-state index contributed by atoms with van der Waals surface area (Å²) < 4.78 is 0.414. The topological polar surface area (TPSA) is 32.3 Å². The minimum Gasteiger partial charge on any atom is -0.379 e. The van der Waals surface area contributed by atoms with E-state index in [0.29, 0.717) is 4.05 Å². The van der Waals surface area contributed by atoms with Crippen molar-refractivity contribution in [2.75, 3.05) is 0 Å². The second-order valence-corrected chi connectivity index (χ2v) is 6.78. The molecule has 0 fully saturated rings. The Balaban J connectivity index is 3.07. The zero-order valence-electron chi connectivity index (χ0n) is 12.3. The minimum atomic E-state index is -0.380. The van der Waals surface area contributed by atoms with Gasteiger partial charge in [-0.3, -0.25) is 5.32 Å². The molecule has 0 spiro atoms. The van der Waals surface area contributed by atoms with Crippen molar-refractivity contribution in [3.8, 4) is 0 Å². The van der Waals surface area contributed by atoms with E-state index < -0.39 is 0 Å². The van der Waals surface area contributed by atoms with Crippen LogP contribution < -0.4 is 5.32 Å². The number of hydrogen-bond donors (Lipinski definition) is 2. The molecule has 0 aromatic rings. The molecule has 2 nitrogen and oxygen atoms in total. The zero-order chi connectivity index (χ0) is 13.6. The van der Waals surface area contributed by atoms with Crippen LogP contribution in [0.15, 0.2) is 0 Å². The Bertz CT molecular complexity index is 165. The monoisotopic (exact) mass is 369 g/mol. The van der Waals surface area contributed by atoms with Crippen LogP contribution in [0.25, 0.3) is 0 Å². The van der Waals surface area contributed by atoms with E-state index in [1.807, 2.05) is 0 Å².